The number of hydrogen-bond donors (Lipinski definition) is 2. The Bertz CT molecular complexity index is 1090. The lowest BCUT2D eigenvalue weighted by molar-refractivity contribution is -0.146. The molecule has 7 nitrogen and oxygen atoms in total. The lowest BCUT2D eigenvalue weighted by atomic mass is 9.75. The minimum atomic E-state index is -0.535. The highest BCUT2D eigenvalue weighted by atomic mass is 16.5. The number of ether oxygens (including phenoxy) is 2. The van der Waals surface area contributed by atoms with E-state index in [1.165, 1.54) is 19.1 Å². The van der Waals surface area contributed by atoms with Crippen molar-refractivity contribution in [3.63, 3.8) is 0 Å². The molecule has 2 N–H and O–H groups in total. The fourth-order valence-corrected chi connectivity index (χ4v) is 4.64. The molecular weight excluding hydrogens is 410 g/mol. The highest BCUT2D eigenvalue weighted by Gasteiger charge is 2.55. The van der Waals surface area contributed by atoms with E-state index in [1.54, 1.807) is 6.07 Å². The van der Waals surface area contributed by atoms with Crippen molar-refractivity contribution in [2.24, 2.45) is 11.3 Å². The highest BCUT2D eigenvalue weighted by molar-refractivity contribution is 5.92. The van der Waals surface area contributed by atoms with E-state index >= 15 is 0 Å². The molecule has 1 amide bonds. The smallest absolute Gasteiger partial charge is 0.313 e. The molecular formula is C25H25NO6. The van der Waals surface area contributed by atoms with Crippen LogP contribution < -0.4 is 10.1 Å². The second-order valence-corrected chi connectivity index (χ2v) is 8.58. The first-order chi connectivity index (χ1) is 15.2. The lowest BCUT2D eigenvalue weighted by Crippen LogP contribution is -2.31. The Kier molecular flexibility index (Phi) is 5.74. The van der Waals surface area contributed by atoms with Crippen molar-refractivity contribution in [3.05, 3.63) is 65.7 Å². The van der Waals surface area contributed by atoms with Crippen LogP contribution in [-0.4, -0.2) is 29.6 Å². The van der Waals surface area contributed by atoms with Gasteiger partial charge in [-0.1, -0.05) is 30.4 Å². The summed E-state index contributed by atoms with van der Waals surface area (Å²) >= 11 is 0. The van der Waals surface area contributed by atoms with E-state index in [9.17, 15) is 19.5 Å². The topological polar surface area (TPSA) is 102 Å². The maximum atomic E-state index is 12.4. The zero-order chi connectivity index (χ0) is 22.9. The minimum Gasteiger partial charge on any atom is -0.504 e. The zero-order valence-corrected chi connectivity index (χ0v) is 17.8. The Hall–Kier alpha value is -3.61. The van der Waals surface area contributed by atoms with Crippen LogP contribution in [0.5, 0.6) is 11.5 Å². The number of phenols is 1. The fraction of sp³-hybridized carbons (Fsp3) is 0.320. The van der Waals surface area contributed by atoms with Crippen LogP contribution in [0.1, 0.15) is 30.9 Å². The van der Waals surface area contributed by atoms with Crippen LogP contribution in [-0.2, 0) is 32.0 Å². The molecule has 2 unspecified atom stereocenters. The standard InChI is InChI=1S/C25H25NO6/c1-15-9-19-14-31-24(30)25(19,12-15)13-17-3-6-20(7-4-17)26-23(29)11-18-5-8-22(21(28)10-18)32-16(2)27/h3-8,10,19,28H,1,9,11-14H2,2H3,(H,26,29). The number of phenolic OH excluding ortho intramolecular Hbond substituents is 1. The number of fused-ring (bicyclic) bond motifs is 1. The number of carbonyl (C=O) groups excluding carboxylic acids is 3. The van der Waals surface area contributed by atoms with E-state index in [-0.39, 0.29) is 35.7 Å². The summed E-state index contributed by atoms with van der Waals surface area (Å²) in [5, 5.41) is 12.8. The van der Waals surface area contributed by atoms with Gasteiger partial charge < -0.3 is 19.9 Å². The third-order valence-electron chi connectivity index (χ3n) is 6.10. The first-order valence-electron chi connectivity index (χ1n) is 10.5. The number of nitrogens with one attached hydrogen (secondary N) is 1. The van der Waals surface area contributed by atoms with Gasteiger partial charge >= 0.3 is 11.9 Å². The van der Waals surface area contributed by atoms with E-state index in [1.807, 2.05) is 24.3 Å². The number of esters is 2. The molecule has 4 rings (SSSR count). The summed E-state index contributed by atoms with van der Waals surface area (Å²) in [5.41, 5.74) is 2.81. The van der Waals surface area contributed by atoms with Gasteiger partial charge in [0.1, 0.15) is 0 Å². The third-order valence-corrected chi connectivity index (χ3v) is 6.10. The van der Waals surface area contributed by atoms with Crippen LogP contribution in [0.3, 0.4) is 0 Å². The predicted molar refractivity (Wildman–Crippen MR) is 117 cm³/mol. The van der Waals surface area contributed by atoms with Crippen molar-refractivity contribution in [2.75, 3.05) is 11.9 Å². The Labute approximate surface area is 186 Å². The minimum absolute atomic E-state index is 0.0500. The molecule has 0 spiro atoms. The number of carbonyl (C=O) groups is 3. The molecule has 1 saturated heterocycles. The molecule has 1 aliphatic carbocycles. The summed E-state index contributed by atoms with van der Waals surface area (Å²) in [6, 6.07) is 11.9. The van der Waals surface area contributed by atoms with Crippen molar-refractivity contribution < 1.29 is 29.0 Å². The molecule has 1 heterocycles. The molecule has 32 heavy (non-hydrogen) atoms. The molecule has 1 saturated carbocycles. The van der Waals surface area contributed by atoms with Gasteiger partial charge in [-0.3, -0.25) is 14.4 Å². The molecule has 2 aliphatic rings. The van der Waals surface area contributed by atoms with Gasteiger partial charge in [0, 0.05) is 18.5 Å². The first-order valence-corrected chi connectivity index (χ1v) is 10.5. The van der Waals surface area contributed by atoms with Crippen LogP contribution in [0.25, 0.3) is 0 Å². The summed E-state index contributed by atoms with van der Waals surface area (Å²) in [6.45, 7) is 5.77. The van der Waals surface area contributed by atoms with Crippen molar-refractivity contribution in [2.45, 2.75) is 32.6 Å². The Morgan fingerprint density at radius 2 is 1.94 bits per heavy atom. The largest absolute Gasteiger partial charge is 0.504 e. The monoisotopic (exact) mass is 435 g/mol. The van der Waals surface area contributed by atoms with E-state index in [0.717, 1.165) is 17.6 Å². The second kappa shape index (κ2) is 8.49. The van der Waals surface area contributed by atoms with E-state index < -0.39 is 11.4 Å². The average molecular weight is 435 g/mol. The van der Waals surface area contributed by atoms with E-state index in [0.29, 0.717) is 30.7 Å². The number of allylic oxidation sites excluding steroid dienone is 1. The van der Waals surface area contributed by atoms with Crippen LogP contribution in [0.4, 0.5) is 5.69 Å². The average Bonchev–Trinajstić information content (AvgIpc) is 3.19. The quantitative estimate of drug-likeness (QED) is 0.409. The summed E-state index contributed by atoms with van der Waals surface area (Å²) in [5.74, 6) is -0.884. The van der Waals surface area contributed by atoms with Crippen molar-refractivity contribution in [1.82, 2.24) is 0 Å². The number of cyclic esters (lactones) is 1. The zero-order valence-electron chi connectivity index (χ0n) is 17.8. The van der Waals surface area contributed by atoms with Crippen molar-refractivity contribution in [1.29, 1.82) is 0 Å². The van der Waals surface area contributed by atoms with Gasteiger partial charge in [0.15, 0.2) is 11.5 Å². The predicted octanol–water partition coefficient (Wildman–Crippen LogP) is 3.55. The molecule has 2 fully saturated rings. The molecule has 0 aromatic heterocycles. The van der Waals surface area contributed by atoms with Gasteiger partial charge in [0.25, 0.3) is 0 Å². The van der Waals surface area contributed by atoms with Gasteiger partial charge in [-0.2, -0.15) is 0 Å². The van der Waals surface area contributed by atoms with Crippen molar-refractivity contribution >= 4 is 23.5 Å². The fourth-order valence-electron chi connectivity index (χ4n) is 4.64. The summed E-state index contributed by atoms with van der Waals surface area (Å²) in [4.78, 5) is 35.9. The molecule has 2 aromatic rings. The van der Waals surface area contributed by atoms with E-state index in [4.69, 9.17) is 9.47 Å². The normalized spacial score (nSPS) is 21.7. The Morgan fingerprint density at radius 3 is 2.62 bits per heavy atom. The van der Waals surface area contributed by atoms with Gasteiger partial charge in [-0.25, -0.2) is 0 Å². The van der Waals surface area contributed by atoms with E-state index in [2.05, 4.69) is 11.9 Å². The van der Waals surface area contributed by atoms with Crippen LogP contribution in [0.15, 0.2) is 54.6 Å². The molecule has 1 aliphatic heterocycles. The number of benzene rings is 2. The SMILES string of the molecule is C=C1CC2COC(=O)C2(Cc2ccc(NC(=O)Cc3ccc(OC(C)=O)c(O)c3)cc2)C1. The van der Waals surface area contributed by atoms with Gasteiger partial charge in [-0.15, -0.1) is 0 Å². The molecule has 166 valence electrons. The number of hydrogen-bond acceptors (Lipinski definition) is 6. The van der Waals surface area contributed by atoms with Crippen molar-refractivity contribution in [3.8, 4) is 11.5 Å². The summed E-state index contributed by atoms with van der Waals surface area (Å²) in [6.07, 6.45) is 2.14. The molecule has 2 aromatic carbocycles. The second-order valence-electron chi connectivity index (χ2n) is 8.58. The number of rotatable bonds is 6. The Balaban J connectivity index is 1.37. The maximum absolute atomic E-state index is 12.4. The maximum Gasteiger partial charge on any atom is 0.313 e. The van der Waals surface area contributed by atoms with Gasteiger partial charge in [0.05, 0.1) is 18.4 Å². The van der Waals surface area contributed by atoms with Crippen LogP contribution in [0.2, 0.25) is 0 Å². The Morgan fingerprint density at radius 1 is 1.22 bits per heavy atom. The molecule has 0 bridgehead atoms. The third kappa shape index (κ3) is 4.37. The van der Waals surface area contributed by atoms with Crippen LogP contribution >= 0.6 is 0 Å². The summed E-state index contributed by atoms with van der Waals surface area (Å²) < 4.78 is 10.2. The number of anilines is 1. The molecule has 2 atom stereocenters. The van der Waals surface area contributed by atoms with Crippen LogP contribution in [0, 0.1) is 11.3 Å². The molecule has 0 radical (unpaired) electrons. The number of amides is 1. The first kappa shape index (κ1) is 21.6. The molecule has 7 heteroatoms. The number of aromatic hydroxyl groups is 1. The van der Waals surface area contributed by atoms with Gasteiger partial charge in [0.2, 0.25) is 5.91 Å². The van der Waals surface area contributed by atoms with Gasteiger partial charge in [-0.05, 0) is 54.7 Å². The highest BCUT2D eigenvalue weighted by Crippen LogP contribution is 2.52. The lowest BCUT2D eigenvalue weighted by Gasteiger charge is -2.24. The summed E-state index contributed by atoms with van der Waals surface area (Å²) in [7, 11) is 0.